The second-order valence-electron chi connectivity index (χ2n) is 5.50. The van der Waals surface area contributed by atoms with Crippen LogP contribution in [0.5, 0.6) is 0 Å². The standard InChI is InChI=1S/C14H30N4O/c1(7-17-9-3-15-4-10-17)13-19-14-2-8-18-11-5-16-6-12-18/h15-16H,1-14H2. The molecule has 0 spiro atoms. The van der Waals surface area contributed by atoms with E-state index in [1.165, 1.54) is 52.1 Å². The summed E-state index contributed by atoms with van der Waals surface area (Å²) in [6.07, 6.45) is 2.35. The fraction of sp³-hybridized carbons (Fsp3) is 1.00. The Balaban J connectivity index is 1.35. The van der Waals surface area contributed by atoms with Crippen molar-refractivity contribution in [1.82, 2.24) is 20.4 Å². The van der Waals surface area contributed by atoms with Crippen molar-refractivity contribution in [3.8, 4) is 0 Å². The van der Waals surface area contributed by atoms with E-state index < -0.39 is 0 Å². The Morgan fingerprint density at radius 3 is 1.53 bits per heavy atom. The molecule has 2 N–H and O–H groups in total. The minimum atomic E-state index is 0.922. The van der Waals surface area contributed by atoms with Crippen LogP contribution < -0.4 is 10.6 Å². The van der Waals surface area contributed by atoms with E-state index in [2.05, 4.69) is 20.4 Å². The molecule has 0 aromatic heterocycles. The van der Waals surface area contributed by atoms with Crippen LogP contribution in [0.3, 0.4) is 0 Å². The second-order valence-corrected chi connectivity index (χ2v) is 5.50. The van der Waals surface area contributed by atoms with E-state index in [0.717, 1.165) is 39.4 Å². The van der Waals surface area contributed by atoms with Crippen molar-refractivity contribution < 1.29 is 4.74 Å². The predicted molar refractivity (Wildman–Crippen MR) is 78.7 cm³/mol. The zero-order valence-electron chi connectivity index (χ0n) is 12.2. The summed E-state index contributed by atoms with van der Waals surface area (Å²) in [6.45, 7) is 13.6. The first-order valence-electron chi connectivity index (χ1n) is 7.89. The van der Waals surface area contributed by atoms with E-state index in [1.54, 1.807) is 0 Å². The molecule has 0 atom stereocenters. The number of hydrogen-bond donors (Lipinski definition) is 2. The Bertz CT molecular complexity index is 193. The first kappa shape index (κ1) is 15.2. The molecule has 0 aliphatic carbocycles. The third kappa shape index (κ3) is 6.68. The van der Waals surface area contributed by atoms with Crippen molar-refractivity contribution in [2.75, 3.05) is 78.7 Å². The quantitative estimate of drug-likeness (QED) is 0.587. The summed E-state index contributed by atoms with van der Waals surface area (Å²) in [5.74, 6) is 0. The van der Waals surface area contributed by atoms with Gasteiger partial charge in [0.05, 0.1) is 0 Å². The van der Waals surface area contributed by atoms with Crippen LogP contribution in [-0.2, 0) is 4.74 Å². The highest BCUT2D eigenvalue weighted by atomic mass is 16.5. The van der Waals surface area contributed by atoms with Gasteiger partial charge in [0.1, 0.15) is 0 Å². The lowest BCUT2D eigenvalue weighted by molar-refractivity contribution is 0.106. The van der Waals surface area contributed by atoms with Crippen molar-refractivity contribution in [3.05, 3.63) is 0 Å². The van der Waals surface area contributed by atoms with Crippen LogP contribution in [0.4, 0.5) is 0 Å². The number of piperazine rings is 2. The van der Waals surface area contributed by atoms with Gasteiger partial charge in [-0.25, -0.2) is 0 Å². The summed E-state index contributed by atoms with van der Waals surface area (Å²) in [4.78, 5) is 5.06. The minimum absolute atomic E-state index is 0.922. The van der Waals surface area contributed by atoms with Crippen LogP contribution in [-0.4, -0.2) is 88.5 Å². The summed E-state index contributed by atoms with van der Waals surface area (Å²) in [5, 5.41) is 6.76. The third-order valence-electron chi connectivity index (χ3n) is 3.95. The van der Waals surface area contributed by atoms with E-state index in [0.29, 0.717) is 0 Å². The highest BCUT2D eigenvalue weighted by Gasteiger charge is 2.09. The lowest BCUT2D eigenvalue weighted by atomic mass is 10.3. The van der Waals surface area contributed by atoms with Gasteiger partial charge >= 0.3 is 0 Å². The van der Waals surface area contributed by atoms with Gasteiger partial charge < -0.3 is 25.2 Å². The van der Waals surface area contributed by atoms with E-state index >= 15 is 0 Å². The maximum Gasteiger partial charge on any atom is 0.0478 e. The molecule has 2 heterocycles. The summed E-state index contributed by atoms with van der Waals surface area (Å²) in [6, 6.07) is 0. The predicted octanol–water partition coefficient (Wildman–Crippen LogP) is -0.406. The minimum Gasteiger partial charge on any atom is -0.381 e. The number of nitrogens with zero attached hydrogens (tertiary/aromatic N) is 2. The molecule has 0 amide bonds. The van der Waals surface area contributed by atoms with Gasteiger partial charge in [-0.1, -0.05) is 0 Å². The monoisotopic (exact) mass is 270 g/mol. The summed E-state index contributed by atoms with van der Waals surface area (Å²) >= 11 is 0. The Morgan fingerprint density at radius 2 is 1.11 bits per heavy atom. The summed E-state index contributed by atoms with van der Waals surface area (Å²) in [5.41, 5.74) is 0. The Kier molecular flexibility index (Phi) is 7.73. The van der Waals surface area contributed by atoms with Gasteiger partial charge in [-0.15, -0.1) is 0 Å². The average Bonchev–Trinajstić information content (AvgIpc) is 2.48. The lowest BCUT2D eigenvalue weighted by Gasteiger charge is -2.27. The zero-order chi connectivity index (χ0) is 13.2. The Labute approximate surface area is 117 Å². The lowest BCUT2D eigenvalue weighted by Crippen LogP contribution is -2.44. The summed E-state index contributed by atoms with van der Waals surface area (Å²) < 4.78 is 5.73. The molecule has 5 heteroatoms. The SMILES string of the molecule is C(COCCCN1CCNCC1)CN1CCNCC1. The zero-order valence-corrected chi connectivity index (χ0v) is 12.2. The first-order valence-corrected chi connectivity index (χ1v) is 7.89. The smallest absolute Gasteiger partial charge is 0.0478 e. The van der Waals surface area contributed by atoms with Gasteiger partial charge in [0.25, 0.3) is 0 Å². The highest BCUT2D eigenvalue weighted by molar-refractivity contribution is 4.68. The van der Waals surface area contributed by atoms with Crippen LogP contribution in [0, 0.1) is 0 Å². The Hall–Kier alpha value is -0.200. The molecule has 2 saturated heterocycles. The number of nitrogens with one attached hydrogen (secondary N) is 2. The second kappa shape index (κ2) is 9.66. The first-order chi connectivity index (χ1) is 9.45. The number of hydrogen-bond acceptors (Lipinski definition) is 5. The topological polar surface area (TPSA) is 39.8 Å². The van der Waals surface area contributed by atoms with Crippen LogP contribution in [0.15, 0.2) is 0 Å². The highest BCUT2D eigenvalue weighted by Crippen LogP contribution is 1.97. The molecule has 19 heavy (non-hydrogen) atoms. The molecule has 2 rings (SSSR count). The maximum atomic E-state index is 5.73. The molecular formula is C14H30N4O. The molecular weight excluding hydrogens is 240 g/mol. The van der Waals surface area contributed by atoms with Crippen molar-refractivity contribution in [3.63, 3.8) is 0 Å². The maximum absolute atomic E-state index is 5.73. The molecule has 0 radical (unpaired) electrons. The van der Waals surface area contributed by atoms with Gasteiger partial charge in [0.15, 0.2) is 0 Å². The van der Waals surface area contributed by atoms with E-state index in [4.69, 9.17) is 4.74 Å². The molecule has 0 aromatic rings. The van der Waals surface area contributed by atoms with Gasteiger partial charge in [0.2, 0.25) is 0 Å². The molecule has 5 nitrogen and oxygen atoms in total. The number of rotatable bonds is 8. The van der Waals surface area contributed by atoms with Gasteiger partial charge in [0, 0.05) is 78.7 Å². The van der Waals surface area contributed by atoms with Gasteiger partial charge in [-0.3, -0.25) is 0 Å². The fourth-order valence-electron chi connectivity index (χ4n) is 2.75. The van der Waals surface area contributed by atoms with Crippen LogP contribution in [0.2, 0.25) is 0 Å². The third-order valence-corrected chi connectivity index (χ3v) is 3.95. The van der Waals surface area contributed by atoms with E-state index in [1.807, 2.05) is 0 Å². The normalized spacial score (nSPS) is 22.7. The molecule has 2 fully saturated rings. The molecule has 0 aromatic carbocycles. The number of ether oxygens (including phenoxy) is 1. The van der Waals surface area contributed by atoms with Crippen molar-refractivity contribution in [1.29, 1.82) is 0 Å². The average molecular weight is 270 g/mol. The fourth-order valence-corrected chi connectivity index (χ4v) is 2.75. The Morgan fingerprint density at radius 1 is 0.684 bits per heavy atom. The summed E-state index contributed by atoms with van der Waals surface area (Å²) in [7, 11) is 0. The molecule has 0 bridgehead atoms. The van der Waals surface area contributed by atoms with Gasteiger partial charge in [-0.05, 0) is 12.8 Å². The van der Waals surface area contributed by atoms with Crippen LogP contribution in [0.1, 0.15) is 12.8 Å². The molecule has 0 saturated carbocycles. The van der Waals surface area contributed by atoms with Crippen molar-refractivity contribution in [2.45, 2.75) is 12.8 Å². The van der Waals surface area contributed by atoms with Gasteiger partial charge in [-0.2, -0.15) is 0 Å². The largest absolute Gasteiger partial charge is 0.381 e. The van der Waals surface area contributed by atoms with Crippen LogP contribution >= 0.6 is 0 Å². The van der Waals surface area contributed by atoms with Crippen molar-refractivity contribution in [2.24, 2.45) is 0 Å². The molecule has 2 aliphatic heterocycles. The molecule has 0 unspecified atom stereocenters. The molecule has 112 valence electrons. The van der Waals surface area contributed by atoms with Crippen LogP contribution in [0.25, 0.3) is 0 Å². The van der Waals surface area contributed by atoms with E-state index in [-0.39, 0.29) is 0 Å². The molecule has 2 aliphatic rings. The van der Waals surface area contributed by atoms with Crippen molar-refractivity contribution >= 4 is 0 Å². The van der Waals surface area contributed by atoms with E-state index in [9.17, 15) is 0 Å².